The van der Waals surface area contributed by atoms with Gasteiger partial charge in [-0.2, -0.15) is 5.10 Å². The van der Waals surface area contributed by atoms with E-state index in [1.165, 1.54) is 29.5 Å². The number of Topliss-reactive ketones (excluding diaryl/α,β-unsaturated/α-hetero) is 1. The van der Waals surface area contributed by atoms with Gasteiger partial charge in [-0.15, -0.1) is 0 Å². The van der Waals surface area contributed by atoms with Gasteiger partial charge in [-0.1, -0.05) is 32.9 Å². The topological polar surface area (TPSA) is 47.8 Å². The third-order valence-electron chi connectivity index (χ3n) is 2.75. The number of hydrogen-bond donors (Lipinski definition) is 0. The minimum absolute atomic E-state index is 0.0627. The molecule has 0 saturated heterocycles. The van der Waals surface area contributed by atoms with Gasteiger partial charge < -0.3 is 0 Å². The van der Waals surface area contributed by atoms with Crippen LogP contribution in [0.5, 0.6) is 0 Å². The molecule has 0 unspecified atom stereocenters. The molecular weight excluding hydrogens is 257 g/mol. The molecule has 2 rings (SSSR count). The molecule has 0 aliphatic carbocycles. The smallest absolute Gasteiger partial charge is 0.186 e. The third kappa shape index (κ3) is 3.17. The summed E-state index contributed by atoms with van der Waals surface area (Å²) in [7, 11) is 0. The van der Waals surface area contributed by atoms with E-state index in [9.17, 15) is 9.18 Å². The van der Waals surface area contributed by atoms with E-state index in [1.54, 1.807) is 18.2 Å². The van der Waals surface area contributed by atoms with Crippen molar-refractivity contribution in [3.05, 3.63) is 48.3 Å². The molecule has 0 aliphatic heterocycles. The molecular formula is C15H16FN3O. The predicted octanol–water partition coefficient (Wildman–Crippen LogP) is 3.03. The zero-order chi connectivity index (χ0) is 14.8. The van der Waals surface area contributed by atoms with Crippen LogP contribution in [0.1, 0.15) is 26.3 Å². The van der Waals surface area contributed by atoms with Gasteiger partial charge in [-0.3, -0.25) is 4.79 Å². The number of hydrogen-bond acceptors (Lipinski definition) is 3. The second-order valence-electron chi connectivity index (χ2n) is 5.50. The summed E-state index contributed by atoms with van der Waals surface area (Å²) in [6.45, 7) is 5.51. The molecule has 5 heteroatoms. The van der Waals surface area contributed by atoms with Crippen LogP contribution in [0.3, 0.4) is 0 Å². The van der Waals surface area contributed by atoms with Gasteiger partial charge in [-0.25, -0.2) is 14.1 Å². The third-order valence-corrected chi connectivity index (χ3v) is 2.75. The van der Waals surface area contributed by atoms with Crippen molar-refractivity contribution in [1.29, 1.82) is 0 Å². The number of benzene rings is 1. The summed E-state index contributed by atoms with van der Waals surface area (Å²) in [5, 5.41) is 4.01. The van der Waals surface area contributed by atoms with E-state index in [2.05, 4.69) is 10.1 Å². The number of rotatable bonds is 3. The summed E-state index contributed by atoms with van der Waals surface area (Å²) >= 11 is 0. The van der Waals surface area contributed by atoms with Crippen LogP contribution in [0, 0.1) is 11.2 Å². The highest BCUT2D eigenvalue weighted by atomic mass is 19.1. The van der Waals surface area contributed by atoms with Crippen LogP contribution in [-0.2, 0) is 4.79 Å². The van der Waals surface area contributed by atoms with Crippen LogP contribution in [-0.4, -0.2) is 20.5 Å². The largest absolute Gasteiger partial charge is 0.292 e. The van der Waals surface area contributed by atoms with E-state index in [1.807, 2.05) is 20.8 Å². The van der Waals surface area contributed by atoms with Crippen molar-refractivity contribution in [3.8, 4) is 0 Å². The maximum atomic E-state index is 12.9. The van der Waals surface area contributed by atoms with Crippen LogP contribution in [0.4, 0.5) is 4.39 Å². The fourth-order valence-corrected chi connectivity index (χ4v) is 1.67. The Balaban J connectivity index is 2.47. The summed E-state index contributed by atoms with van der Waals surface area (Å²) in [5.74, 6) is -0.376. The molecule has 0 bridgehead atoms. The number of aromatic nitrogens is 3. The molecule has 104 valence electrons. The highest BCUT2D eigenvalue weighted by Gasteiger charge is 2.26. The summed E-state index contributed by atoms with van der Waals surface area (Å²) in [6.07, 6.45) is 4.52. The minimum atomic E-state index is -0.544. The van der Waals surface area contributed by atoms with Gasteiger partial charge in [0.2, 0.25) is 0 Å². The summed E-state index contributed by atoms with van der Waals surface area (Å²) < 4.78 is 14.4. The van der Waals surface area contributed by atoms with Crippen molar-refractivity contribution >= 4 is 17.6 Å². The Morgan fingerprint density at radius 2 is 1.90 bits per heavy atom. The second kappa shape index (κ2) is 5.36. The Hall–Kier alpha value is -2.30. The molecule has 0 amide bonds. The van der Waals surface area contributed by atoms with Crippen molar-refractivity contribution in [3.63, 3.8) is 0 Å². The Kier molecular flexibility index (Phi) is 3.79. The molecule has 0 fully saturated rings. The van der Waals surface area contributed by atoms with E-state index >= 15 is 0 Å². The van der Waals surface area contributed by atoms with Crippen LogP contribution >= 0.6 is 0 Å². The fourth-order valence-electron chi connectivity index (χ4n) is 1.67. The maximum absolute atomic E-state index is 12.9. The monoisotopic (exact) mass is 273 g/mol. The lowest BCUT2D eigenvalue weighted by Crippen LogP contribution is -2.24. The van der Waals surface area contributed by atoms with Crippen LogP contribution in [0.25, 0.3) is 11.8 Å². The first kappa shape index (κ1) is 14.1. The fraction of sp³-hybridized carbons (Fsp3) is 0.267. The van der Waals surface area contributed by atoms with E-state index in [0.29, 0.717) is 5.70 Å². The molecule has 1 aromatic carbocycles. The minimum Gasteiger partial charge on any atom is -0.292 e. The Labute approximate surface area is 117 Å². The quantitative estimate of drug-likeness (QED) is 0.808. The molecule has 0 aliphatic rings. The first-order chi connectivity index (χ1) is 9.38. The zero-order valence-electron chi connectivity index (χ0n) is 11.7. The Bertz CT molecular complexity index is 622. The highest BCUT2D eigenvalue weighted by Crippen LogP contribution is 2.24. The number of carbonyl (C=O) groups is 1. The molecule has 0 radical (unpaired) electrons. The van der Waals surface area contributed by atoms with Crippen molar-refractivity contribution in [2.75, 3.05) is 0 Å². The van der Waals surface area contributed by atoms with Gasteiger partial charge in [0, 0.05) is 5.41 Å². The first-order valence-corrected chi connectivity index (χ1v) is 6.25. The number of allylic oxidation sites excluding steroid dienone is 1. The van der Waals surface area contributed by atoms with E-state index < -0.39 is 5.41 Å². The number of nitrogens with zero attached hydrogens (tertiary/aromatic N) is 3. The lowest BCUT2D eigenvalue weighted by atomic mass is 9.88. The molecule has 0 saturated carbocycles. The SMILES string of the molecule is CC(C)(C)C(=O)C(=Cc1ccc(F)cc1)n1cncn1. The maximum Gasteiger partial charge on any atom is 0.186 e. The van der Waals surface area contributed by atoms with E-state index in [4.69, 9.17) is 0 Å². The Morgan fingerprint density at radius 1 is 1.25 bits per heavy atom. The summed E-state index contributed by atoms with van der Waals surface area (Å²) in [5.41, 5.74) is 0.591. The van der Waals surface area contributed by atoms with Gasteiger partial charge in [0.15, 0.2) is 5.78 Å². The van der Waals surface area contributed by atoms with Crippen molar-refractivity contribution in [2.45, 2.75) is 20.8 Å². The van der Waals surface area contributed by atoms with Crippen molar-refractivity contribution < 1.29 is 9.18 Å². The van der Waals surface area contributed by atoms with Gasteiger partial charge in [-0.05, 0) is 23.8 Å². The molecule has 0 atom stereocenters. The average Bonchev–Trinajstić information content (AvgIpc) is 2.90. The molecule has 4 nitrogen and oxygen atoms in total. The van der Waals surface area contributed by atoms with Crippen LogP contribution in [0.2, 0.25) is 0 Å². The van der Waals surface area contributed by atoms with Gasteiger partial charge in [0.1, 0.15) is 24.2 Å². The van der Waals surface area contributed by atoms with Crippen LogP contribution in [0.15, 0.2) is 36.9 Å². The number of ketones is 1. The standard InChI is InChI=1S/C15H16FN3O/c1-15(2,3)14(20)13(19-10-17-9-18-19)8-11-4-6-12(16)7-5-11/h4-10H,1-3H3. The van der Waals surface area contributed by atoms with E-state index in [-0.39, 0.29) is 11.6 Å². The van der Waals surface area contributed by atoms with E-state index in [0.717, 1.165) is 5.56 Å². The van der Waals surface area contributed by atoms with Crippen molar-refractivity contribution in [1.82, 2.24) is 14.8 Å². The van der Waals surface area contributed by atoms with Crippen molar-refractivity contribution in [2.24, 2.45) is 5.41 Å². The van der Waals surface area contributed by atoms with Crippen LogP contribution < -0.4 is 0 Å². The first-order valence-electron chi connectivity index (χ1n) is 6.25. The zero-order valence-corrected chi connectivity index (χ0v) is 11.7. The molecule has 0 spiro atoms. The lowest BCUT2D eigenvalue weighted by molar-refractivity contribution is -0.120. The summed E-state index contributed by atoms with van der Waals surface area (Å²) in [4.78, 5) is 16.4. The average molecular weight is 273 g/mol. The molecule has 0 N–H and O–H groups in total. The predicted molar refractivity (Wildman–Crippen MR) is 75.1 cm³/mol. The summed E-state index contributed by atoms with van der Waals surface area (Å²) in [6, 6.07) is 5.93. The second-order valence-corrected chi connectivity index (χ2v) is 5.50. The van der Waals surface area contributed by atoms with Gasteiger partial charge >= 0.3 is 0 Å². The highest BCUT2D eigenvalue weighted by molar-refractivity contribution is 6.21. The molecule has 1 heterocycles. The number of halogens is 1. The molecule has 2 aromatic rings. The van der Waals surface area contributed by atoms with Gasteiger partial charge in [0.05, 0.1) is 0 Å². The lowest BCUT2D eigenvalue weighted by Gasteiger charge is -2.18. The molecule has 1 aromatic heterocycles. The molecule has 20 heavy (non-hydrogen) atoms. The number of carbonyl (C=O) groups excluding carboxylic acids is 1. The van der Waals surface area contributed by atoms with Gasteiger partial charge in [0.25, 0.3) is 0 Å². The normalized spacial score (nSPS) is 12.5. The Morgan fingerprint density at radius 3 is 2.40 bits per heavy atom.